The number of nitrogens with one attached hydrogen (secondary N) is 1. The van der Waals surface area contributed by atoms with Crippen molar-refractivity contribution in [2.75, 3.05) is 23.4 Å². The number of aromatic nitrogens is 2. The molecule has 4 rings (SSSR count). The monoisotopic (exact) mass is 314 g/mol. The van der Waals surface area contributed by atoms with Gasteiger partial charge in [-0.25, -0.2) is 4.79 Å². The molecule has 0 bridgehead atoms. The number of carbonyl (C=O) groups is 2. The van der Waals surface area contributed by atoms with Crippen molar-refractivity contribution in [3.63, 3.8) is 0 Å². The van der Waals surface area contributed by atoms with Crippen LogP contribution in [0.25, 0.3) is 10.9 Å². The average Bonchev–Trinajstić information content (AvgIpc) is 3.02. The zero-order valence-electron chi connectivity index (χ0n) is 12.9. The highest BCUT2D eigenvalue weighted by Crippen LogP contribution is 2.35. The second kappa shape index (κ2) is 5.26. The predicted octanol–water partition coefficient (Wildman–Crippen LogP) is 2.27. The summed E-state index contributed by atoms with van der Waals surface area (Å²) in [6.07, 6.45) is 2.60. The van der Waals surface area contributed by atoms with E-state index in [9.17, 15) is 9.59 Å². The van der Waals surface area contributed by atoms with Gasteiger partial charge >= 0.3 is 6.09 Å². The second-order valence-electron chi connectivity index (χ2n) is 6.03. The maximum Gasteiger partial charge on any atom is 0.414 e. The smallest absolute Gasteiger partial charge is 0.414 e. The van der Waals surface area contributed by atoms with Crippen LogP contribution in [0.3, 0.4) is 0 Å². The summed E-state index contributed by atoms with van der Waals surface area (Å²) in [6, 6.07) is 5.66. The average molecular weight is 314 g/mol. The Kier molecular flexibility index (Phi) is 3.21. The first-order valence-electron chi connectivity index (χ1n) is 7.86. The highest BCUT2D eigenvalue weighted by Gasteiger charge is 2.29. The number of cyclic esters (lactones) is 1. The summed E-state index contributed by atoms with van der Waals surface area (Å²) < 4.78 is 6.75. The first-order chi connectivity index (χ1) is 11.1. The molecule has 1 aromatic heterocycles. The van der Waals surface area contributed by atoms with Crippen molar-refractivity contribution in [2.24, 2.45) is 13.0 Å². The number of hydrogen-bond donors (Lipinski definition) is 1. The summed E-state index contributed by atoms with van der Waals surface area (Å²) in [5.74, 6) is 0.598. The zero-order valence-corrected chi connectivity index (χ0v) is 12.9. The van der Waals surface area contributed by atoms with Gasteiger partial charge in [0.25, 0.3) is 0 Å². The number of anilines is 2. The number of nitrogens with zero attached hydrogens (tertiary/aromatic N) is 3. The molecular weight excluding hydrogens is 296 g/mol. The molecule has 1 saturated heterocycles. The van der Waals surface area contributed by atoms with E-state index in [4.69, 9.17) is 4.74 Å². The lowest BCUT2D eigenvalue weighted by Gasteiger charge is -2.23. The summed E-state index contributed by atoms with van der Waals surface area (Å²) >= 11 is 0. The van der Waals surface area contributed by atoms with Crippen molar-refractivity contribution < 1.29 is 14.3 Å². The van der Waals surface area contributed by atoms with Crippen LogP contribution in [-0.2, 0) is 16.6 Å². The van der Waals surface area contributed by atoms with Crippen LogP contribution < -0.4 is 10.2 Å². The third-order valence-corrected chi connectivity index (χ3v) is 4.63. The topological polar surface area (TPSA) is 76.5 Å². The first kappa shape index (κ1) is 14.0. The normalized spacial score (nSPS) is 18.1. The minimum Gasteiger partial charge on any atom is -0.447 e. The SMILES string of the molecule is Cn1nc(NC(=O)C2CCC2)c2c(N3CCOC3=O)cccc21. The van der Waals surface area contributed by atoms with E-state index in [-0.39, 0.29) is 17.9 Å². The molecule has 7 heteroatoms. The summed E-state index contributed by atoms with van der Waals surface area (Å²) in [6.45, 7) is 0.877. The van der Waals surface area contributed by atoms with Crippen LogP contribution in [0.2, 0.25) is 0 Å². The van der Waals surface area contributed by atoms with Gasteiger partial charge in [0.15, 0.2) is 5.82 Å². The van der Waals surface area contributed by atoms with E-state index >= 15 is 0 Å². The van der Waals surface area contributed by atoms with E-state index in [0.29, 0.717) is 19.0 Å². The van der Waals surface area contributed by atoms with Gasteiger partial charge < -0.3 is 10.1 Å². The molecule has 2 aliphatic rings. The van der Waals surface area contributed by atoms with E-state index < -0.39 is 0 Å². The number of aryl methyl sites for hydroxylation is 1. The molecular formula is C16H18N4O3. The van der Waals surface area contributed by atoms with Crippen LogP contribution >= 0.6 is 0 Å². The van der Waals surface area contributed by atoms with Crippen molar-refractivity contribution in [2.45, 2.75) is 19.3 Å². The first-order valence-corrected chi connectivity index (χ1v) is 7.86. The van der Waals surface area contributed by atoms with Crippen LogP contribution in [0, 0.1) is 5.92 Å². The summed E-state index contributed by atoms with van der Waals surface area (Å²) in [7, 11) is 1.83. The third-order valence-electron chi connectivity index (χ3n) is 4.63. The largest absolute Gasteiger partial charge is 0.447 e. The van der Waals surface area contributed by atoms with Gasteiger partial charge in [0.05, 0.1) is 23.1 Å². The Balaban J connectivity index is 1.77. The fraction of sp³-hybridized carbons (Fsp3) is 0.438. The zero-order chi connectivity index (χ0) is 16.0. The van der Waals surface area contributed by atoms with Crippen LogP contribution in [0.1, 0.15) is 19.3 Å². The minimum atomic E-state index is -0.363. The maximum atomic E-state index is 12.3. The number of carbonyl (C=O) groups excluding carboxylic acids is 2. The fourth-order valence-electron chi connectivity index (χ4n) is 3.11. The number of amides is 2. The number of rotatable bonds is 3. The minimum absolute atomic E-state index is 0.00931. The number of benzene rings is 1. The lowest BCUT2D eigenvalue weighted by atomic mass is 9.85. The molecule has 2 aromatic rings. The summed E-state index contributed by atoms with van der Waals surface area (Å²) in [5.41, 5.74) is 1.59. The van der Waals surface area contributed by atoms with Gasteiger partial charge in [-0.15, -0.1) is 0 Å². The molecule has 7 nitrogen and oxygen atoms in total. The van der Waals surface area contributed by atoms with E-state index in [1.54, 1.807) is 9.58 Å². The van der Waals surface area contributed by atoms with Gasteiger partial charge in [-0.1, -0.05) is 12.5 Å². The standard InChI is InChI=1S/C16H18N4O3/c1-19-11-6-3-7-12(20-8-9-23-16(20)22)13(11)14(18-19)17-15(21)10-4-2-5-10/h3,6-7,10H,2,4-5,8-9H2,1H3,(H,17,18,21). The molecule has 1 aliphatic heterocycles. The molecule has 2 fully saturated rings. The van der Waals surface area contributed by atoms with Crippen molar-refractivity contribution in [3.05, 3.63) is 18.2 Å². The van der Waals surface area contributed by atoms with Crippen LogP contribution in [-0.4, -0.2) is 34.9 Å². The molecule has 0 atom stereocenters. The Bertz CT molecular complexity index is 794. The Morgan fingerprint density at radius 2 is 2.22 bits per heavy atom. The van der Waals surface area contributed by atoms with E-state index in [2.05, 4.69) is 10.4 Å². The third kappa shape index (κ3) is 2.23. The van der Waals surface area contributed by atoms with Crippen molar-refractivity contribution in [1.82, 2.24) is 9.78 Å². The van der Waals surface area contributed by atoms with Gasteiger partial charge in [-0.2, -0.15) is 5.10 Å². The molecule has 120 valence electrons. The molecule has 0 radical (unpaired) electrons. The van der Waals surface area contributed by atoms with Gasteiger partial charge in [0.1, 0.15) is 6.61 Å². The van der Waals surface area contributed by atoms with Crippen molar-refractivity contribution in [1.29, 1.82) is 0 Å². The molecule has 1 aromatic carbocycles. The number of hydrogen-bond acceptors (Lipinski definition) is 4. The quantitative estimate of drug-likeness (QED) is 0.943. The molecule has 0 spiro atoms. The lowest BCUT2D eigenvalue weighted by molar-refractivity contribution is -0.122. The Morgan fingerprint density at radius 3 is 2.87 bits per heavy atom. The lowest BCUT2D eigenvalue weighted by Crippen LogP contribution is -2.28. The van der Waals surface area contributed by atoms with E-state index in [1.165, 1.54) is 0 Å². The van der Waals surface area contributed by atoms with Crippen LogP contribution in [0.15, 0.2) is 18.2 Å². The molecule has 1 aliphatic carbocycles. The second-order valence-corrected chi connectivity index (χ2v) is 6.03. The van der Waals surface area contributed by atoms with Gasteiger partial charge in [0, 0.05) is 13.0 Å². The molecule has 1 N–H and O–H groups in total. The predicted molar refractivity (Wildman–Crippen MR) is 85.4 cm³/mol. The summed E-state index contributed by atoms with van der Waals surface area (Å²) in [4.78, 5) is 25.8. The molecule has 23 heavy (non-hydrogen) atoms. The highest BCUT2D eigenvalue weighted by molar-refractivity contribution is 6.09. The van der Waals surface area contributed by atoms with Gasteiger partial charge in [0.2, 0.25) is 5.91 Å². The van der Waals surface area contributed by atoms with E-state index in [1.807, 2.05) is 25.2 Å². The van der Waals surface area contributed by atoms with E-state index in [0.717, 1.165) is 35.9 Å². The number of ether oxygens (including phenoxy) is 1. The summed E-state index contributed by atoms with van der Waals surface area (Å²) in [5, 5.41) is 8.15. The maximum absolute atomic E-state index is 12.3. The van der Waals surface area contributed by atoms with Crippen LogP contribution in [0.5, 0.6) is 0 Å². The molecule has 2 amide bonds. The highest BCUT2D eigenvalue weighted by atomic mass is 16.6. The number of fused-ring (bicyclic) bond motifs is 1. The molecule has 0 unspecified atom stereocenters. The van der Waals surface area contributed by atoms with Crippen molar-refractivity contribution >= 4 is 34.4 Å². The Labute approximate surface area is 133 Å². The van der Waals surface area contributed by atoms with Gasteiger partial charge in [-0.3, -0.25) is 14.4 Å². The fourth-order valence-corrected chi connectivity index (χ4v) is 3.11. The molecule has 2 heterocycles. The van der Waals surface area contributed by atoms with Crippen molar-refractivity contribution in [3.8, 4) is 0 Å². The Morgan fingerprint density at radius 1 is 1.39 bits per heavy atom. The Hall–Kier alpha value is -2.57. The van der Waals surface area contributed by atoms with Gasteiger partial charge in [-0.05, 0) is 25.0 Å². The van der Waals surface area contributed by atoms with Crippen LogP contribution in [0.4, 0.5) is 16.3 Å². The molecule has 1 saturated carbocycles.